The Morgan fingerprint density at radius 1 is 1.59 bits per heavy atom. The van der Waals surface area contributed by atoms with Crippen LogP contribution in [0.3, 0.4) is 0 Å². The summed E-state index contributed by atoms with van der Waals surface area (Å²) in [6.45, 7) is 0. The zero-order valence-corrected chi connectivity index (χ0v) is 10.5. The van der Waals surface area contributed by atoms with Gasteiger partial charge in [0.1, 0.15) is 5.75 Å². The highest BCUT2D eigenvalue weighted by molar-refractivity contribution is 8.00. The molecular weight excluding hydrogens is 236 g/mol. The van der Waals surface area contributed by atoms with E-state index in [4.69, 9.17) is 10.5 Å². The highest BCUT2D eigenvalue weighted by atomic mass is 32.2. The van der Waals surface area contributed by atoms with Gasteiger partial charge in [-0.05, 0) is 30.7 Å². The fourth-order valence-corrected chi connectivity index (χ4v) is 2.97. The molecule has 0 radical (unpaired) electrons. The molecule has 1 amide bonds. The Kier molecular flexibility index (Phi) is 3.78. The van der Waals surface area contributed by atoms with Crippen molar-refractivity contribution in [3.8, 4) is 5.75 Å². The van der Waals surface area contributed by atoms with Gasteiger partial charge >= 0.3 is 0 Å². The predicted octanol–water partition coefficient (Wildman–Crippen LogP) is 2.11. The number of anilines is 2. The molecule has 1 aromatic carbocycles. The first-order valence-corrected chi connectivity index (χ1v) is 6.61. The third-order valence-corrected chi connectivity index (χ3v) is 4.08. The second-order valence-corrected chi connectivity index (χ2v) is 5.26. The van der Waals surface area contributed by atoms with Crippen molar-refractivity contribution in [1.82, 2.24) is 0 Å². The summed E-state index contributed by atoms with van der Waals surface area (Å²) in [5.74, 6) is 1.72. The molecule has 1 fully saturated rings. The van der Waals surface area contributed by atoms with Gasteiger partial charge in [-0.3, -0.25) is 4.79 Å². The summed E-state index contributed by atoms with van der Waals surface area (Å²) < 4.78 is 5.19. The molecule has 1 aliphatic rings. The molecular formula is C12H16N2O2S. The number of hydrogen-bond acceptors (Lipinski definition) is 4. The van der Waals surface area contributed by atoms with Crippen molar-refractivity contribution < 1.29 is 9.53 Å². The highest BCUT2D eigenvalue weighted by Crippen LogP contribution is 2.30. The first kappa shape index (κ1) is 12.1. The van der Waals surface area contributed by atoms with Crippen molar-refractivity contribution in [3.05, 3.63) is 18.2 Å². The minimum Gasteiger partial charge on any atom is -0.494 e. The number of nitrogens with one attached hydrogen (secondary N) is 1. The second-order valence-electron chi connectivity index (χ2n) is 3.95. The lowest BCUT2D eigenvalue weighted by molar-refractivity contribution is -0.115. The van der Waals surface area contributed by atoms with E-state index in [0.717, 1.165) is 18.6 Å². The Morgan fingerprint density at radius 2 is 2.41 bits per heavy atom. The summed E-state index contributed by atoms with van der Waals surface area (Å²) in [7, 11) is 1.56. The largest absolute Gasteiger partial charge is 0.494 e. The Bertz CT molecular complexity index is 417. The Balaban J connectivity index is 2.09. The van der Waals surface area contributed by atoms with E-state index < -0.39 is 0 Å². The normalized spacial score (nSPS) is 19.0. The molecule has 4 nitrogen and oxygen atoms in total. The first-order valence-electron chi connectivity index (χ1n) is 5.56. The van der Waals surface area contributed by atoms with Crippen molar-refractivity contribution >= 4 is 29.0 Å². The molecule has 3 N–H and O–H groups in total. The van der Waals surface area contributed by atoms with Gasteiger partial charge in [0.2, 0.25) is 5.91 Å². The minimum atomic E-state index is 0.0515. The van der Waals surface area contributed by atoms with Crippen molar-refractivity contribution in [2.24, 2.45) is 0 Å². The number of methoxy groups -OCH3 is 1. The number of ether oxygens (including phenoxy) is 1. The van der Waals surface area contributed by atoms with Crippen LogP contribution in [0.5, 0.6) is 5.75 Å². The van der Waals surface area contributed by atoms with E-state index in [1.807, 2.05) is 0 Å². The van der Waals surface area contributed by atoms with Gasteiger partial charge in [0.15, 0.2) is 0 Å². The molecule has 2 rings (SSSR count). The van der Waals surface area contributed by atoms with Gasteiger partial charge in [-0.25, -0.2) is 0 Å². The van der Waals surface area contributed by atoms with Crippen LogP contribution < -0.4 is 15.8 Å². The Labute approximate surface area is 105 Å². The summed E-state index contributed by atoms with van der Waals surface area (Å²) in [5, 5.41) is 2.96. The standard InChI is InChI=1S/C12H16N2O2S/c1-16-10-7-8(13)4-5-9(10)14-12(15)11-3-2-6-17-11/h4-5,7,11H,2-3,6,13H2,1H3,(H,14,15). The minimum absolute atomic E-state index is 0.0515. The molecule has 5 heteroatoms. The number of carbonyl (C=O) groups excluding carboxylic acids is 1. The maximum atomic E-state index is 11.9. The van der Waals surface area contributed by atoms with Crippen LogP contribution in [0.25, 0.3) is 0 Å². The van der Waals surface area contributed by atoms with E-state index in [9.17, 15) is 4.79 Å². The zero-order chi connectivity index (χ0) is 12.3. The summed E-state index contributed by atoms with van der Waals surface area (Å²) in [5.41, 5.74) is 6.96. The number of carbonyl (C=O) groups is 1. The number of thioether (sulfide) groups is 1. The molecule has 0 spiro atoms. The average molecular weight is 252 g/mol. The third-order valence-electron chi connectivity index (χ3n) is 2.71. The second kappa shape index (κ2) is 5.31. The van der Waals surface area contributed by atoms with Crippen molar-refractivity contribution in [2.45, 2.75) is 18.1 Å². The van der Waals surface area contributed by atoms with Crippen molar-refractivity contribution in [2.75, 3.05) is 23.9 Å². The van der Waals surface area contributed by atoms with Gasteiger partial charge in [0, 0.05) is 11.8 Å². The lowest BCUT2D eigenvalue weighted by Gasteiger charge is -2.13. The predicted molar refractivity (Wildman–Crippen MR) is 71.5 cm³/mol. The molecule has 1 aromatic rings. The number of benzene rings is 1. The van der Waals surface area contributed by atoms with E-state index in [1.54, 1.807) is 37.1 Å². The maximum absolute atomic E-state index is 11.9. The highest BCUT2D eigenvalue weighted by Gasteiger charge is 2.23. The molecule has 0 bridgehead atoms. The van der Waals surface area contributed by atoms with Crippen LogP contribution in [-0.4, -0.2) is 24.0 Å². The molecule has 1 atom stereocenters. The number of nitrogens with two attached hydrogens (primary N) is 1. The van der Waals surface area contributed by atoms with Crippen molar-refractivity contribution in [3.63, 3.8) is 0 Å². The molecule has 0 aromatic heterocycles. The first-order chi connectivity index (χ1) is 8.20. The van der Waals surface area contributed by atoms with Crippen LogP contribution in [0.4, 0.5) is 11.4 Å². The topological polar surface area (TPSA) is 64.3 Å². The molecule has 0 aliphatic carbocycles. The van der Waals surface area contributed by atoms with Crippen LogP contribution in [0, 0.1) is 0 Å². The fraction of sp³-hybridized carbons (Fsp3) is 0.417. The lowest BCUT2D eigenvalue weighted by Crippen LogP contribution is -2.23. The summed E-state index contributed by atoms with van der Waals surface area (Å²) in [4.78, 5) is 11.9. The average Bonchev–Trinajstić information content (AvgIpc) is 2.85. The van der Waals surface area contributed by atoms with Gasteiger partial charge in [0.25, 0.3) is 0 Å². The molecule has 1 heterocycles. The molecule has 92 valence electrons. The fourth-order valence-electron chi connectivity index (χ4n) is 1.81. The zero-order valence-electron chi connectivity index (χ0n) is 9.73. The van der Waals surface area contributed by atoms with E-state index in [0.29, 0.717) is 17.1 Å². The van der Waals surface area contributed by atoms with Gasteiger partial charge in [-0.15, -0.1) is 11.8 Å². The summed E-state index contributed by atoms with van der Waals surface area (Å²) >= 11 is 1.71. The van der Waals surface area contributed by atoms with E-state index >= 15 is 0 Å². The SMILES string of the molecule is COc1cc(N)ccc1NC(=O)C1CCCS1. The van der Waals surface area contributed by atoms with Crippen LogP contribution >= 0.6 is 11.8 Å². The van der Waals surface area contributed by atoms with Crippen LogP contribution in [0.2, 0.25) is 0 Å². The van der Waals surface area contributed by atoms with Gasteiger partial charge in [0.05, 0.1) is 18.0 Å². The summed E-state index contributed by atoms with van der Waals surface area (Å²) in [6, 6.07) is 5.23. The monoisotopic (exact) mass is 252 g/mol. The van der Waals surface area contributed by atoms with Gasteiger partial charge < -0.3 is 15.8 Å². The Hall–Kier alpha value is -1.36. The number of amides is 1. The summed E-state index contributed by atoms with van der Waals surface area (Å²) in [6.07, 6.45) is 2.06. The quantitative estimate of drug-likeness (QED) is 0.809. The van der Waals surface area contributed by atoms with Crippen LogP contribution in [-0.2, 0) is 4.79 Å². The maximum Gasteiger partial charge on any atom is 0.237 e. The van der Waals surface area contributed by atoms with E-state index in [2.05, 4.69) is 5.32 Å². The van der Waals surface area contributed by atoms with Crippen LogP contribution in [0.15, 0.2) is 18.2 Å². The van der Waals surface area contributed by atoms with Gasteiger partial charge in [-0.1, -0.05) is 0 Å². The molecule has 1 saturated heterocycles. The number of rotatable bonds is 3. The smallest absolute Gasteiger partial charge is 0.237 e. The number of nitrogen functional groups attached to an aromatic ring is 1. The molecule has 0 saturated carbocycles. The molecule has 1 unspecified atom stereocenters. The van der Waals surface area contributed by atoms with Crippen molar-refractivity contribution in [1.29, 1.82) is 0 Å². The van der Waals surface area contributed by atoms with E-state index in [1.165, 1.54) is 0 Å². The third kappa shape index (κ3) is 2.85. The Morgan fingerprint density at radius 3 is 3.06 bits per heavy atom. The molecule has 17 heavy (non-hydrogen) atoms. The molecule has 1 aliphatic heterocycles. The van der Waals surface area contributed by atoms with Crippen LogP contribution in [0.1, 0.15) is 12.8 Å². The lowest BCUT2D eigenvalue weighted by atomic mass is 10.2. The van der Waals surface area contributed by atoms with Gasteiger partial charge in [-0.2, -0.15) is 0 Å². The van der Waals surface area contributed by atoms with E-state index in [-0.39, 0.29) is 11.2 Å². The number of hydrogen-bond donors (Lipinski definition) is 2.